The smallest absolute Gasteiger partial charge is 0.305 e. The van der Waals surface area contributed by atoms with E-state index in [-0.39, 0.29) is 12.6 Å². The summed E-state index contributed by atoms with van der Waals surface area (Å²) in [5.41, 5.74) is 2.07. The lowest BCUT2D eigenvalue weighted by molar-refractivity contribution is -0.145. The predicted molar refractivity (Wildman–Crippen MR) is 167 cm³/mol. The largest absolute Gasteiger partial charge is 0.497 e. The van der Waals surface area contributed by atoms with Crippen LogP contribution in [0.25, 0.3) is 0 Å². The van der Waals surface area contributed by atoms with Gasteiger partial charge in [-0.25, -0.2) is 0 Å². The number of rotatable bonds is 23. The Morgan fingerprint density at radius 3 is 1.39 bits per heavy atom. The Morgan fingerprint density at radius 2 is 0.955 bits per heavy atom. The van der Waals surface area contributed by atoms with Crippen LogP contribution in [0, 0.1) is 0 Å². The lowest BCUT2D eigenvalue weighted by Gasteiger charge is -2.36. The maximum absolute atomic E-state index is 11.3. The van der Waals surface area contributed by atoms with Crippen LogP contribution in [0.1, 0.15) is 36.5 Å². The Kier molecular flexibility index (Phi) is 16.3. The molecule has 0 aliphatic heterocycles. The second-order valence-corrected chi connectivity index (χ2v) is 9.77. The van der Waals surface area contributed by atoms with E-state index >= 15 is 0 Å². The van der Waals surface area contributed by atoms with Crippen LogP contribution in [0.3, 0.4) is 0 Å². The first-order valence-corrected chi connectivity index (χ1v) is 15.1. The van der Waals surface area contributed by atoms with Crippen molar-refractivity contribution in [2.75, 3.05) is 80.3 Å². The van der Waals surface area contributed by atoms with Gasteiger partial charge in [0, 0.05) is 6.42 Å². The number of hydrogen-bond acceptors (Lipinski definition) is 9. The predicted octanol–water partition coefficient (Wildman–Crippen LogP) is 5.42. The van der Waals surface area contributed by atoms with Gasteiger partial charge in [0.15, 0.2) is 0 Å². The zero-order valence-electron chi connectivity index (χ0n) is 26.2. The van der Waals surface area contributed by atoms with Crippen molar-refractivity contribution in [2.24, 2.45) is 0 Å². The van der Waals surface area contributed by atoms with Crippen molar-refractivity contribution < 1.29 is 42.7 Å². The molecule has 0 saturated carbocycles. The lowest BCUT2D eigenvalue weighted by Crippen LogP contribution is -2.34. The van der Waals surface area contributed by atoms with Gasteiger partial charge in [0.05, 0.1) is 73.7 Å². The van der Waals surface area contributed by atoms with Gasteiger partial charge in [-0.05, 0) is 47.4 Å². The van der Waals surface area contributed by atoms with E-state index in [9.17, 15) is 4.79 Å². The van der Waals surface area contributed by atoms with Gasteiger partial charge in [-0.1, -0.05) is 61.5 Å². The van der Waals surface area contributed by atoms with Crippen molar-refractivity contribution in [2.45, 2.75) is 25.4 Å². The molecule has 0 unspecified atom stereocenters. The summed E-state index contributed by atoms with van der Waals surface area (Å²) in [4.78, 5) is 11.3. The lowest BCUT2D eigenvalue weighted by atomic mass is 9.80. The molecule has 3 rings (SSSR count). The third-order valence-corrected chi connectivity index (χ3v) is 6.78. The molecule has 3 aromatic carbocycles. The molecule has 0 saturated heterocycles. The van der Waals surface area contributed by atoms with Crippen LogP contribution in [-0.2, 0) is 38.8 Å². The molecule has 3 aromatic rings. The molecule has 240 valence electrons. The first-order chi connectivity index (χ1) is 21.6. The average Bonchev–Trinajstić information content (AvgIpc) is 3.07. The number of carbonyl (C=O) groups excluding carboxylic acids is 1. The summed E-state index contributed by atoms with van der Waals surface area (Å²) in [7, 11) is 3.31. The van der Waals surface area contributed by atoms with Crippen molar-refractivity contribution in [1.29, 1.82) is 0 Å². The molecule has 9 nitrogen and oxygen atoms in total. The number of methoxy groups -OCH3 is 2. The third kappa shape index (κ3) is 11.2. The van der Waals surface area contributed by atoms with Crippen LogP contribution in [0.5, 0.6) is 11.5 Å². The van der Waals surface area contributed by atoms with Gasteiger partial charge in [0.25, 0.3) is 0 Å². The van der Waals surface area contributed by atoms with Crippen LogP contribution in [0.15, 0.2) is 78.9 Å². The molecule has 0 spiro atoms. The molecule has 0 heterocycles. The molecule has 0 aromatic heterocycles. The van der Waals surface area contributed by atoms with Crippen molar-refractivity contribution >= 4 is 5.97 Å². The molecule has 0 amide bonds. The van der Waals surface area contributed by atoms with Crippen LogP contribution >= 0.6 is 0 Å². The van der Waals surface area contributed by atoms with Gasteiger partial charge in [-0.3, -0.25) is 4.79 Å². The van der Waals surface area contributed by atoms with E-state index in [0.717, 1.165) is 34.6 Å². The molecular weight excluding hydrogens is 564 g/mol. The number of hydrogen-bond donors (Lipinski definition) is 0. The van der Waals surface area contributed by atoms with Crippen molar-refractivity contribution in [3.63, 3.8) is 0 Å². The highest BCUT2D eigenvalue weighted by Crippen LogP contribution is 2.41. The second-order valence-electron chi connectivity index (χ2n) is 9.77. The molecule has 0 aliphatic carbocycles. The summed E-state index contributed by atoms with van der Waals surface area (Å²) in [5, 5.41) is 0. The Hall–Kier alpha value is -3.47. The SMILES string of the molecule is CCCC(=O)OCCOCCOCCOCCOCCOC(c1ccccc1)(c1ccc(OC)cc1)c1ccc(OC)cc1. The summed E-state index contributed by atoms with van der Waals surface area (Å²) < 4.78 is 45.0. The third-order valence-electron chi connectivity index (χ3n) is 6.78. The zero-order valence-corrected chi connectivity index (χ0v) is 26.2. The van der Waals surface area contributed by atoms with Gasteiger partial charge in [-0.15, -0.1) is 0 Å². The Balaban J connectivity index is 1.43. The number of carbonyl (C=O) groups is 1. The minimum absolute atomic E-state index is 0.191. The number of esters is 1. The van der Waals surface area contributed by atoms with Crippen LogP contribution < -0.4 is 9.47 Å². The van der Waals surface area contributed by atoms with Crippen LogP contribution in [0.2, 0.25) is 0 Å². The number of ether oxygens (including phenoxy) is 8. The van der Waals surface area contributed by atoms with E-state index in [4.69, 9.17) is 37.9 Å². The van der Waals surface area contributed by atoms with Crippen molar-refractivity contribution in [1.82, 2.24) is 0 Å². The summed E-state index contributed by atoms with van der Waals surface area (Å²) in [6, 6.07) is 26.1. The molecule has 0 radical (unpaired) electrons. The van der Waals surface area contributed by atoms with Gasteiger partial charge in [-0.2, -0.15) is 0 Å². The summed E-state index contributed by atoms with van der Waals surface area (Å²) in [6.07, 6.45) is 1.22. The fraction of sp³-hybridized carbons (Fsp3) is 0.457. The van der Waals surface area contributed by atoms with Gasteiger partial charge in [0.2, 0.25) is 0 Å². The van der Waals surface area contributed by atoms with Crippen LogP contribution in [0.4, 0.5) is 0 Å². The van der Waals surface area contributed by atoms with E-state index in [1.807, 2.05) is 73.7 Å². The summed E-state index contributed by atoms with van der Waals surface area (Å²) in [5.74, 6) is 1.35. The summed E-state index contributed by atoms with van der Waals surface area (Å²) in [6.45, 7) is 6.01. The second kappa shape index (κ2) is 20.5. The minimum atomic E-state index is -0.875. The fourth-order valence-electron chi connectivity index (χ4n) is 4.58. The maximum atomic E-state index is 11.3. The molecule has 9 heteroatoms. The molecule has 0 atom stereocenters. The van der Waals surface area contributed by atoms with Crippen molar-refractivity contribution in [3.8, 4) is 11.5 Å². The number of benzene rings is 3. The normalized spacial score (nSPS) is 11.3. The quantitative estimate of drug-likeness (QED) is 0.0793. The summed E-state index contributed by atoms with van der Waals surface area (Å²) >= 11 is 0. The maximum Gasteiger partial charge on any atom is 0.305 e. The zero-order chi connectivity index (χ0) is 31.3. The molecule has 0 bridgehead atoms. The Labute approximate surface area is 261 Å². The molecule has 0 aliphatic rings. The van der Waals surface area contributed by atoms with Crippen molar-refractivity contribution in [3.05, 3.63) is 95.6 Å². The molecule has 0 N–H and O–H groups in total. The Morgan fingerprint density at radius 1 is 0.545 bits per heavy atom. The van der Waals surface area contributed by atoms with E-state index < -0.39 is 5.60 Å². The molecular formula is C35H46O9. The van der Waals surface area contributed by atoms with E-state index in [2.05, 4.69) is 12.1 Å². The van der Waals surface area contributed by atoms with Crippen LogP contribution in [-0.4, -0.2) is 86.3 Å². The van der Waals surface area contributed by atoms with Gasteiger partial charge < -0.3 is 37.9 Å². The highest BCUT2D eigenvalue weighted by molar-refractivity contribution is 5.69. The topological polar surface area (TPSA) is 90.9 Å². The highest BCUT2D eigenvalue weighted by atomic mass is 16.6. The fourth-order valence-corrected chi connectivity index (χ4v) is 4.58. The molecule has 0 fully saturated rings. The first kappa shape index (κ1) is 35.0. The molecule has 44 heavy (non-hydrogen) atoms. The standard InChI is InChI=1S/C35H46O9/c1-4-8-34(36)43-27-25-41-23-21-39-19-20-40-22-24-42-26-28-44-35(29-9-6-5-7-10-29,30-11-15-32(37-2)16-12-30)31-13-17-33(38-3)18-14-31/h5-7,9-18H,4,8,19-28H2,1-3H3. The Bertz CT molecular complexity index is 1120. The van der Waals surface area contributed by atoms with Gasteiger partial charge in [0.1, 0.15) is 23.7 Å². The highest BCUT2D eigenvalue weighted by Gasteiger charge is 2.37. The average molecular weight is 611 g/mol. The van der Waals surface area contributed by atoms with Gasteiger partial charge >= 0.3 is 5.97 Å². The van der Waals surface area contributed by atoms with E-state index in [0.29, 0.717) is 65.9 Å². The first-order valence-electron chi connectivity index (χ1n) is 15.1. The van der Waals surface area contributed by atoms with E-state index in [1.54, 1.807) is 14.2 Å². The monoisotopic (exact) mass is 610 g/mol. The minimum Gasteiger partial charge on any atom is -0.497 e. The van der Waals surface area contributed by atoms with E-state index in [1.165, 1.54) is 0 Å².